The van der Waals surface area contributed by atoms with Crippen LogP contribution in [0.4, 0.5) is 5.13 Å². The van der Waals surface area contributed by atoms with Crippen LogP contribution in [-0.2, 0) is 30.2 Å². The average molecular weight is 494 g/mol. The molecule has 2 heterocycles. The van der Waals surface area contributed by atoms with E-state index in [9.17, 15) is 21.6 Å². The van der Waals surface area contributed by atoms with Gasteiger partial charge in [-0.15, -0.1) is 0 Å². The number of aromatic nitrogens is 1. The first-order chi connectivity index (χ1) is 15.1. The predicted molar refractivity (Wildman–Crippen MR) is 125 cm³/mol. The van der Waals surface area contributed by atoms with Crippen LogP contribution in [0.25, 0.3) is 10.2 Å². The number of thiazole rings is 1. The molecule has 0 N–H and O–H groups in total. The normalized spacial score (nSPS) is 15.3. The Hall–Kier alpha value is -2.50. The van der Waals surface area contributed by atoms with Gasteiger partial charge in [0.2, 0.25) is 5.91 Å². The molecule has 1 aliphatic heterocycles. The predicted octanol–water partition coefficient (Wildman–Crippen LogP) is 1.96. The number of benzene rings is 2. The molecule has 170 valence electrons. The molecule has 0 saturated carbocycles. The van der Waals surface area contributed by atoms with Gasteiger partial charge in [-0.25, -0.2) is 21.8 Å². The quantitative estimate of drug-likeness (QED) is 0.517. The van der Waals surface area contributed by atoms with Gasteiger partial charge in [0.15, 0.2) is 24.8 Å². The first kappa shape index (κ1) is 22.7. The van der Waals surface area contributed by atoms with Crippen LogP contribution in [0.3, 0.4) is 0 Å². The summed E-state index contributed by atoms with van der Waals surface area (Å²) < 4.78 is 49.7. The van der Waals surface area contributed by atoms with Crippen molar-refractivity contribution in [2.24, 2.45) is 0 Å². The molecule has 1 aromatic heterocycles. The van der Waals surface area contributed by atoms with Crippen LogP contribution in [0.5, 0.6) is 0 Å². The third-order valence-electron chi connectivity index (χ3n) is 5.25. The van der Waals surface area contributed by atoms with Crippen molar-refractivity contribution in [3.63, 3.8) is 0 Å². The Morgan fingerprint density at radius 2 is 1.66 bits per heavy atom. The monoisotopic (exact) mass is 493 g/mol. The molecule has 8 nitrogen and oxygen atoms in total. The highest BCUT2D eigenvalue weighted by Gasteiger charge is 2.27. The molecule has 0 radical (unpaired) electrons. The standard InChI is InChI=1S/C21H23N3O5S3/c1-31(26,27)18-9-5-8-17-20(18)22-21(30-17)24-12-10-23(11-13-24)19(25)15-32(28,29)14-16-6-3-2-4-7-16/h2-9H,10-15H2,1H3. The fraction of sp³-hybridized carbons (Fsp3) is 0.333. The Balaban J connectivity index is 1.40. The van der Waals surface area contributed by atoms with Gasteiger partial charge in [-0.2, -0.15) is 0 Å². The number of fused-ring (bicyclic) bond motifs is 1. The zero-order chi connectivity index (χ0) is 22.9. The summed E-state index contributed by atoms with van der Waals surface area (Å²) in [5.41, 5.74) is 1.12. The summed E-state index contributed by atoms with van der Waals surface area (Å²) >= 11 is 1.41. The van der Waals surface area contributed by atoms with E-state index in [2.05, 4.69) is 4.98 Å². The number of anilines is 1. The molecule has 0 atom stereocenters. The number of amides is 1. The summed E-state index contributed by atoms with van der Waals surface area (Å²) in [4.78, 5) is 20.9. The smallest absolute Gasteiger partial charge is 0.237 e. The van der Waals surface area contributed by atoms with Gasteiger partial charge in [0.05, 0.1) is 15.3 Å². The molecule has 0 bridgehead atoms. The summed E-state index contributed by atoms with van der Waals surface area (Å²) in [6.07, 6.45) is 1.16. The number of hydrogen-bond acceptors (Lipinski definition) is 8. The molecule has 0 unspecified atom stereocenters. The van der Waals surface area contributed by atoms with Gasteiger partial charge >= 0.3 is 0 Å². The molecule has 32 heavy (non-hydrogen) atoms. The lowest BCUT2D eigenvalue weighted by Crippen LogP contribution is -2.50. The summed E-state index contributed by atoms with van der Waals surface area (Å²) in [5.74, 6) is -1.07. The largest absolute Gasteiger partial charge is 0.345 e. The molecule has 4 rings (SSSR count). The molecule has 0 aliphatic carbocycles. The minimum Gasteiger partial charge on any atom is -0.345 e. The molecular weight excluding hydrogens is 470 g/mol. The van der Waals surface area contributed by atoms with Crippen LogP contribution in [-0.4, -0.2) is 70.8 Å². The second kappa shape index (κ2) is 8.80. The van der Waals surface area contributed by atoms with Crippen molar-refractivity contribution in [2.75, 3.05) is 43.1 Å². The fourth-order valence-electron chi connectivity index (χ4n) is 3.65. The maximum atomic E-state index is 12.6. The van der Waals surface area contributed by atoms with Crippen molar-refractivity contribution in [3.05, 3.63) is 54.1 Å². The van der Waals surface area contributed by atoms with Crippen LogP contribution in [0, 0.1) is 0 Å². The summed E-state index contributed by atoms with van der Waals surface area (Å²) in [5, 5.41) is 0.694. The van der Waals surface area contributed by atoms with E-state index in [0.717, 1.165) is 11.0 Å². The van der Waals surface area contributed by atoms with Crippen LogP contribution < -0.4 is 4.90 Å². The van der Waals surface area contributed by atoms with Crippen molar-refractivity contribution in [2.45, 2.75) is 10.6 Å². The van der Waals surface area contributed by atoms with E-state index in [-0.39, 0.29) is 10.6 Å². The van der Waals surface area contributed by atoms with Gasteiger partial charge in [-0.3, -0.25) is 4.79 Å². The third-order valence-corrected chi connectivity index (χ3v) is 8.92. The van der Waals surface area contributed by atoms with Crippen molar-refractivity contribution in [3.8, 4) is 0 Å². The molecule has 1 aliphatic rings. The molecule has 0 spiro atoms. The van der Waals surface area contributed by atoms with Gasteiger partial charge in [0.25, 0.3) is 0 Å². The Bertz CT molecular complexity index is 1340. The van der Waals surface area contributed by atoms with Crippen LogP contribution in [0.1, 0.15) is 5.56 Å². The average Bonchev–Trinajstić information content (AvgIpc) is 3.17. The van der Waals surface area contributed by atoms with Gasteiger partial charge in [-0.1, -0.05) is 47.7 Å². The maximum Gasteiger partial charge on any atom is 0.237 e. The molecule has 3 aromatic rings. The zero-order valence-corrected chi connectivity index (χ0v) is 19.9. The van der Waals surface area contributed by atoms with Gasteiger partial charge in [0, 0.05) is 32.4 Å². The van der Waals surface area contributed by atoms with E-state index in [1.54, 1.807) is 41.3 Å². The first-order valence-corrected chi connectivity index (χ1v) is 14.5. The lowest BCUT2D eigenvalue weighted by Gasteiger charge is -2.34. The number of carbonyl (C=O) groups excluding carboxylic acids is 1. The number of carbonyl (C=O) groups is 1. The van der Waals surface area contributed by atoms with Crippen molar-refractivity contribution in [1.29, 1.82) is 0 Å². The van der Waals surface area contributed by atoms with Gasteiger partial charge in [-0.05, 0) is 17.7 Å². The summed E-state index contributed by atoms with van der Waals surface area (Å²) in [6, 6.07) is 13.9. The highest BCUT2D eigenvalue weighted by atomic mass is 32.2. The van der Waals surface area contributed by atoms with Crippen molar-refractivity contribution in [1.82, 2.24) is 9.88 Å². The number of rotatable bonds is 6. The van der Waals surface area contributed by atoms with Crippen LogP contribution in [0.2, 0.25) is 0 Å². The van der Waals surface area contributed by atoms with E-state index in [1.165, 1.54) is 11.3 Å². The number of piperazine rings is 1. The number of para-hydroxylation sites is 1. The lowest BCUT2D eigenvalue weighted by molar-refractivity contribution is -0.128. The zero-order valence-electron chi connectivity index (χ0n) is 17.5. The van der Waals surface area contributed by atoms with E-state index in [4.69, 9.17) is 0 Å². The molecule has 11 heteroatoms. The maximum absolute atomic E-state index is 12.6. The molecule has 2 aromatic carbocycles. The highest BCUT2D eigenvalue weighted by molar-refractivity contribution is 7.91. The van der Waals surface area contributed by atoms with Crippen LogP contribution >= 0.6 is 11.3 Å². The van der Waals surface area contributed by atoms with Crippen molar-refractivity contribution < 1.29 is 21.6 Å². The first-order valence-electron chi connectivity index (χ1n) is 9.99. The topological polar surface area (TPSA) is 105 Å². The molecular formula is C21H23N3O5S3. The van der Waals surface area contributed by atoms with E-state index < -0.39 is 31.3 Å². The fourth-order valence-corrected chi connectivity index (χ4v) is 6.95. The van der Waals surface area contributed by atoms with E-state index in [1.807, 2.05) is 17.0 Å². The number of hydrogen-bond donors (Lipinski definition) is 0. The van der Waals surface area contributed by atoms with Crippen molar-refractivity contribution >= 4 is 52.3 Å². The van der Waals surface area contributed by atoms with Crippen LogP contribution in [0.15, 0.2) is 53.4 Å². The number of sulfone groups is 2. The Kier molecular flexibility index (Phi) is 6.24. The number of nitrogens with zero attached hydrogens (tertiary/aromatic N) is 3. The van der Waals surface area contributed by atoms with Gasteiger partial charge in [0.1, 0.15) is 11.3 Å². The molecule has 1 amide bonds. The van der Waals surface area contributed by atoms with E-state index in [0.29, 0.717) is 42.4 Å². The second-order valence-corrected chi connectivity index (χ2v) is 12.8. The Labute approximate surface area is 191 Å². The lowest BCUT2D eigenvalue weighted by atomic mass is 10.2. The highest BCUT2D eigenvalue weighted by Crippen LogP contribution is 2.33. The minimum atomic E-state index is -3.56. The second-order valence-electron chi connectivity index (χ2n) is 7.76. The SMILES string of the molecule is CS(=O)(=O)c1cccc2sc(N3CCN(C(=O)CS(=O)(=O)Cc4ccccc4)CC3)nc12. The molecule has 1 fully saturated rings. The summed E-state index contributed by atoms with van der Waals surface area (Å²) in [6.45, 7) is 1.76. The van der Waals surface area contributed by atoms with Gasteiger partial charge < -0.3 is 9.80 Å². The van der Waals surface area contributed by atoms with E-state index >= 15 is 0 Å². The Morgan fingerprint density at radius 3 is 2.31 bits per heavy atom. The Morgan fingerprint density at radius 1 is 0.969 bits per heavy atom. The minimum absolute atomic E-state index is 0.159. The third kappa shape index (κ3) is 5.11. The molecule has 1 saturated heterocycles. The summed E-state index contributed by atoms with van der Waals surface area (Å²) in [7, 11) is -6.95.